The Morgan fingerprint density at radius 2 is 1.08 bits per heavy atom. The Morgan fingerprint density at radius 3 is 1.08 bits per heavy atom. The van der Waals surface area contributed by atoms with Crippen LogP contribution in [0.5, 0.6) is 0 Å². The molecule has 3 heteroatoms. The van der Waals surface area contributed by atoms with Crippen LogP contribution in [0, 0.1) is 0 Å². The second kappa shape index (κ2) is 12.4. The highest BCUT2D eigenvalue weighted by Gasteiger charge is 1.65. The molecule has 1 amide bonds. The van der Waals surface area contributed by atoms with Gasteiger partial charge < -0.3 is 10.8 Å². The van der Waals surface area contributed by atoms with Crippen LogP contribution in [0.1, 0.15) is 27.7 Å². The fourth-order valence-corrected chi connectivity index (χ4v) is 0. The van der Waals surface area contributed by atoms with Gasteiger partial charge in [-0.2, -0.15) is 0 Å². The molecule has 0 unspecified atom stereocenters. The predicted molar refractivity (Wildman–Crippen MR) is 53.2 cm³/mol. The summed E-state index contributed by atoms with van der Waals surface area (Å²) < 4.78 is 0. The molecule has 72 valence electrons. The van der Waals surface area contributed by atoms with Crippen molar-refractivity contribution in [2.24, 2.45) is 5.73 Å². The fourth-order valence-electron chi connectivity index (χ4n) is 0. The zero-order valence-electron chi connectivity index (χ0n) is 8.35. The lowest BCUT2D eigenvalue weighted by Gasteiger charge is -1.65. The second-order valence-corrected chi connectivity index (χ2v) is 2.75. The van der Waals surface area contributed by atoms with Gasteiger partial charge in [0.25, 0.3) is 0 Å². The summed E-state index contributed by atoms with van der Waals surface area (Å²) in [7, 11) is 0. The molecule has 0 heterocycles. The summed E-state index contributed by atoms with van der Waals surface area (Å²) >= 11 is 0. The Bertz CT molecular complexity index is 110. The van der Waals surface area contributed by atoms with Gasteiger partial charge in [0, 0.05) is 0 Å². The van der Waals surface area contributed by atoms with Crippen LogP contribution in [0.25, 0.3) is 0 Å². The van der Waals surface area contributed by atoms with Crippen molar-refractivity contribution in [3.63, 3.8) is 0 Å². The molecule has 0 aliphatic rings. The SMILES string of the molecule is C=C(C)C.C=C(C)C.NC(=O)O. The summed E-state index contributed by atoms with van der Waals surface area (Å²) in [5.74, 6) is 0. The quantitative estimate of drug-likeness (QED) is 0.553. The smallest absolute Gasteiger partial charge is 0.402 e. The van der Waals surface area contributed by atoms with Crippen LogP contribution in [0.4, 0.5) is 4.79 Å². The highest BCUT2D eigenvalue weighted by Crippen LogP contribution is 1.74. The van der Waals surface area contributed by atoms with Crippen molar-refractivity contribution in [1.29, 1.82) is 0 Å². The van der Waals surface area contributed by atoms with Gasteiger partial charge >= 0.3 is 6.09 Å². The molecule has 0 aliphatic carbocycles. The largest absolute Gasteiger partial charge is 0.465 e. The Morgan fingerprint density at radius 1 is 1.08 bits per heavy atom. The molecular weight excluding hydrogens is 154 g/mol. The summed E-state index contributed by atoms with van der Waals surface area (Å²) in [6.07, 6.45) is -1.33. The summed E-state index contributed by atoms with van der Waals surface area (Å²) in [4.78, 5) is 8.78. The van der Waals surface area contributed by atoms with Crippen LogP contribution in [0.2, 0.25) is 0 Å². The molecule has 0 radical (unpaired) electrons. The number of hydrogen-bond acceptors (Lipinski definition) is 1. The Hall–Kier alpha value is -1.25. The first-order valence-corrected chi connectivity index (χ1v) is 3.42. The normalized spacial score (nSPS) is 6.33. The molecule has 0 spiro atoms. The van der Waals surface area contributed by atoms with Gasteiger partial charge in [-0.05, 0) is 27.7 Å². The lowest BCUT2D eigenvalue weighted by Crippen LogP contribution is -2.03. The Labute approximate surface area is 74.6 Å². The number of rotatable bonds is 0. The molecular formula is C9H19NO2. The standard InChI is InChI=1S/2C4H8.CH3NO2/c2*1-4(2)3;2-1(3)4/h2*1H2,2-3H3;2H2,(H,3,4). The van der Waals surface area contributed by atoms with Crippen molar-refractivity contribution < 1.29 is 9.90 Å². The zero-order valence-corrected chi connectivity index (χ0v) is 8.35. The van der Waals surface area contributed by atoms with E-state index in [1.54, 1.807) is 0 Å². The highest BCUT2D eigenvalue weighted by atomic mass is 16.4. The fraction of sp³-hybridized carbons (Fsp3) is 0.444. The minimum atomic E-state index is -1.33. The van der Waals surface area contributed by atoms with Crippen LogP contribution < -0.4 is 5.73 Å². The maximum absolute atomic E-state index is 8.78. The number of nitrogens with two attached hydrogens (primary N) is 1. The van der Waals surface area contributed by atoms with E-state index in [1.165, 1.54) is 11.1 Å². The molecule has 0 rings (SSSR count). The number of amides is 1. The first kappa shape index (κ1) is 17.0. The van der Waals surface area contributed by atoms with Gasteiger partial charge in [-0.1, -0.05) is 11.1 Å². The maximum Gasteiger partial charge on any atom is 0.402 e. The average molecular weight is 173 g/mol. The molecule has 3 nitrogen and oxygen atoms in total. The van der Waals surface area contributed by atoms with Crippen LogP contribution in [0.15, 0.2) is 24.3 Å². The van der Waals surface area contributed by atoms with Crippen LogP contribution >= 0.6 is 0 Å². The molecule has 0 saturated heterocycles. The summed E-state index contributed by atoms with van der Waals surface area (Å²) in [6, 6.07) is 0. The van der Waals surface area contributed by atoms with E-state index in [0.29, 0.717) is 0 Å². The lowest BCUT2D eigenvalue weighted by atomic mass is 10.4. The maximum atomic E-state index is 8.78. The molecule has 0 fully saturated rings. The summed E-state index contributed by atoms with van der Waals surface area (Å²) in [6.45, 7) is 15.0. The Kier molecular flexibility index (Phi) is 17.6. The molecule has 0 saturated carbocycles. The molecule has 3 N–H and O–H groups in total. The number of carbonyl (C=O) groups is 1. The molecule has 0 bridgehead atoms. The molecule has 0 aromatic rings. The third-order valence-electron chi connectivity index (χ3n) is 0. The third-order valence-corrected chi connectivity index (χ3v) is 0. The molecule has 0 aromatic carbocycles. The minimum absolute atomic E-state index is 1.17. The monoisotopic (exact) mass is 173 g/mol. The van der Waals surface area contributed by atoms with E-state index in [-0.39, 0.29) is 0 Å². The number of allylic oxidation sites excluding steroid dienone is 2. The number of primary amides is 1. The van der Waals surface area contributed by atoms with Crippen molar-refractivity contribution in [3.05, 3.63) is 24.3 Å². The minimum Gasteiger partial charge on any atom is -0.465 e. The van der Waals surface area contributed by atoms with Crippen molar-refractivity contribution in [2.75, 3.05) is 0 Å². The zero-order chi connectivity index (χ0) is 10.7. The number of carboxylic acid groups (broad SMARTS) is 1. The first-order chi connectivity index (χ1) is 5.20. The van der Waals surface area contributed by atoms with E-state index < -0.39 is 6.09 Å². The second-order valence-electron chi connectivity index (χ2n) is 2.75. The van der Waals surface area contributed by atoms with E-state index in [1.807, 2.05) is 27.7 Å². The van der Waals surface area contributed by atoms with Crippen molar-refractivity contribution in [3.8, 4) is 0 Å². The average Bonchev–Trinajstić information content (AvgIpc) is 1.54. The van der Waals surface area contributed by atoms with Gasteiger partial charge in [0.15, 0.2) is 0 Å². The van der Waals surface area contributed by atoms with Gasteiger partial charge in [-0.15, -0.1) is 13.2 Å². The highest BCUT2D eigenvalue weighted by molar-refractivity contribution is 5.61. The van der Waals surface area contributed by atoms with Gasteiger partial charge in [-0.3, -0.25) is 0 Å². The van der Waals surface area contributed by atoms with Crippen LogP contribution in [0.3, 0.4) is 0 Å². The molecule has 12 heavy (non-hydrogen) atoms. The summed E-state index contributed by atoms with van der Waals surface area (Å²) in [5.41, 5.74) is 6.36. The lowest BCUT2D eigenvalue weighted by molar-refractivity contribution is 0.205. The van der Waals surface area contributed by atoms with E-state index in [2.05, 4.69) is 18.9 Å². The molecule has 0 atom stereocenters. The van der Waals surface area contributed by atoms with Gasteiger partial charge in [0.05, 0.1) is 0 Å². The van der Waals surface area contributed by atoms with E-state index in [4.69, 9.17) is 9.90 Å². The van der Waals surface area contributed by atoms with Gasteiger partial charge in [-0.25, -0.2) is 4.79 Å². The Balaban J connectivity index is -0.000000101. The van der Waals surface area contributed by atoms with Crippen LogP contribution in [-0.2, 0) is 0 Å². The van der Waals surface area contributed by atoms with Gasteiger partial charge in [0.2, 0.25) is 0 Å². The number of hydrogen-bond donors (Lipinski definition) is 2. The van der Waals surface area contributed by atoms with Crippen molar-refractivity contribution in [1.82, 2.24) is 0 Å². The van der Waals surface area contributed by atoms with E-state index in [9.17, 15) is 0 Å². The van der Waals surface area contributed by atoms with E-state index >= 15 is 0 Å². The van der Waals surface area contributed by atoms with Gasteiger partial charge in [0.1, 0.15) is 0 Å². The first-order valence-electron chi connectivity index (χ1n) is 3.42. The topological polar surface area (TPSA) is 63.3 Å². The molecule has 0 aromatic heterocycles. The van der Waals surface area contributed by atoms with E-state index in [0.717, 1.165) is 0 Å². The third kappa shape index (κ3) is 336. The molecule has 0 aliphatic heterocycles. The van der Waals surface area contributed by atoms with Crippen molar-refractivity contribution >= 4 is 6.09 Å². The predicted octanol–water partition coefficient (Wildman–Crippen LogP) is 2.79. The van der Waals surface area contributed by atoms with Crippen LogP contribution in [-0.4, -0.2) is 11.2 Å². The van der Waals surface area contributed by atoms with Crippen molar-refractivity contribution in [2.45, 2.75) is 27.7 Å². The summed E-state index contributed by atoms with van der Waals surface area (Å²) in [5, 5.41) is 7.19.